The van der Waals surface area contributed by atoms with Crippen LogP contribution < -0.4 is 15.6 Å². The Bertz CT molecular complexity index is 867. The summed E-state index contributed by atoms with van der Waals surface area (Å²) in [6.45, 7) is 0.502. The van der Waals surface area contributed by atoms with Crippen LogP contribution in [0.1, 0.15) is 5.56 Å². The minimum atomic E-state index is -0.339. The van der Waals surface area contributed by atoms with E-state index in [1.807, 2.05) is 54.6 Å². The number of benzene rings is 2. The van der Waals surface area contributed by atoms with Crippen LogP contribution in [0.4, 0.5) is 5.69 Å². The number of pyridine rings is 1. The predicted molar refractivity (Wildman–Crippen MR) is 100 cm³/mol. The molecule has 130 valence electrons. The van der Waals surface area contributed by atoms with E-state index in [4.69, 9.17) is 4.74 Å². The molecule has 26 heavy (non-hydrogen) atoms. The van der Waals surface area contributed by atoms with Crippen LogP contribution in [-0.4, -0.2) is 17.1 Å². The number of nitrogens with zero attached hydrogens (tertiary/aromatic N) is 2. The zero-order valence-corrected chi connectivity index (χ0v) is 14.0. The van der Waals surface area contributed by atoms with Gasteiger partial charge >= 0.3 is 0 Å². The van der Waals surface area contributed by atoms with Gasteiger partial charge in [0.25, 0.3) is 5.91 Å². The van der Waals surface area contributed by atoms with Crippen molar-refractivity contribution in [1.82, 2.24) is 15.8 Å². The van der Waals surface area contributed by atoms with E-state index in [9.17, 15) is 4.79 Å². The summed E-state index contributed by atoms with van der Waals surface area (Å²) in [6, 6.07) is 20.4. The van der Waals surface area contributed by atoms with Gasteiger partial charge < -0.3 is 4.74 Å². The molecule has 1 heterocycles. The Labute approximate surface area is 151 Å². The first-order chi connectivity index (χ1) is 12.8. The Morgan fingerprint density at radius 3 is 2.58 bits per heavy atom. The summed E-state index contributed by atoms with van der Waals surface area (Å²) in [5.74, 6) is 1.06. The van der Waals surface area contributed by atoms with Crippen molar-refractivity contribution in [3.05, 3.63) is 84.7 Å². The van der Waals surface area contributed by atoms with Crippen molar-refractivity contribution in [2.75, 3.05) is 0 Å². The van der Waals surface area contributed by atoms with Crippen LogP contribution in [0.3, 0.4) is 0 Å². The first-order valence-corrected chi connectivity index (χ1v) is 8.08. The van der Waals surface area contributed by atoms with Crippen molar-refractivity contribution in [3.63, 3.8) is 0 Å². The molecule has 0 saturated carbocycles. The molecule has 0 saturated heterocycles. The molecule has 0 aliphatic carbocycles. The molecular weight excluding hydrogens is 328 g/mol. The molecular formula is C20H18N4O2. The van der Waals surface area contributed by atoms with Crippen LogP contribution in [0.15, 0.2) is 84.1 Å². The number of amides is 1. The van der Waals surface area contributed by atoms with Gasteiger partial charge in [-0.2, -0.15) is 0 Å². The maximum atomic E-state index is 11.8. The predicted octanol–water partition coefficient (Wildman–Crippen LogP) is 3.40. The molecule has 0 bridgehead atoms. The lowest BCUT2D eigenvalue weighted by molar-refractivity contribution is -0.115. The van der Waals surface area contributed by atoms with Gasteiger partial charge in [0.2, 0.25) is 0 Å². The fourth-order valence-corrected chi connectivity index (χ4v) is 2.15. The highest BCUT2D eigenvalue weighted by molar-refractivity contribution is 6.26. The monoisotopic (exact) mass is 346 g/mol. The lowest BCUT2D eigenvalue weighted by Gasteiger charge is -2.06. The fraction of sp³-hybridized carbons (Fsp3) is 0.0500. The number of carbonyl (C=O) groups excluding carboxylic acids is 1. The van der Waals surface area contributed by atoms with Crippen LogP contribution >= 0.6 is 0 Å². The third-order valence-electron chi connectivity index (χ3n) is 3.38. The normalized spacial score (nSPS) is 10.6. The summed E-state index contributed by atoms with van der Waals surface area (Å²) in [4.78, 5) is 19.9. The Kier molecular flexibility index (Phi) is 6.06. The van der Waals surface area contributed by atoms with Gasteiger partial charge in [0.05, 0.1) is 11.9 Å². The smallest absolute Gasteiger partial charge is 0.276 e. The van der Waals surface area contributed by atoms with Crippen molar-refractivity contribution in [3.8, 4) is 11.5 Å². The van der Waals surface area contributed by atoms with E-state index >= 15 is 0 Å². The number of rotatable bonds is 7. The van der Waals surface area contributed by atoms with Crippen LogP contribution in [0, 0.1) is 0 Å². The van der Waals surface area contributed by atoms with Crippen molar-refractivity contribution in [2.24, 2.45) is 4.99 Å². The van der Waals surface area contributed by atoms with Crippen LogP contribution in [0.5, 0.6) is 11.5 Å². The number of aliphatic imine (C=N–C) groups is 1. The quantitative estimate of drug-likeness (QED) is 0.508. The van der Waals surface area contributed by atoms with Gasteiger partial charge in [0.15, 0.2) is 0 Å². The third kappa shape index (κ3) is 5.54. The summed E-state index contributed by atoms with van der Waals surface area (Å²) in [6.07, 6.45) is 4.62. The lowest BCUT2D eigenvalue weighted by atomic mass is 10.3. The van der Waals surface area contributed by atoms with Crippen LogP contribution in [0.2, 0.25) is 0 Å². The number of para-hydroxylation sites is 1. The minimum absolute atomic E-state index is 0.339. The van der Waals surface area contributed by atoms with E-state index in [0.717, 1.165) is 11.3 Å². The van der Waals surface area contributed by atoms with Crippen molar-refractivity contribution in [1.29, 1.82) is 0 Å². The minimum Gasteiger partial charge on any atom is -0.457 e. The molecule has 0 aliphatic heterocycles. The number of ether oxygens (including phenoxy) is 1. The maximum absolute atomic E-state index is 11.8. The number of hydrogen-bond acceptors (Lipinski definition) is 5. The SMILES string of the molecule is O=C(C=Nc1cccc(Oc2ccccc2)c1)NNCc1ccncc1. The average Bonchev–Trinajstić information content (AvgIpc) is 2.68. The van der Waals surface area contributed by atoms with Gasteiger partial charge in [-0.15, -0.1) is 0 Å². The number of aromatic nitrogens is 1. The zero-order valence-electron chi connectivity index (χ0n) is 14.0. The highest BCUT2D eigenvalue weighted by Gasteiger charge is 1.99. The summed E-state index contributed by atoms with van der Waals surface area (Å²) in [5, 5.41) is 0. The second-order valence-corrected chi connectivity index (χ2v) is 5.37. The number of hydrazine groups is 1. The van der Waals surface area contributed by atoms with Crippen LogP contribution in [-0.2, 0) is 11.3 Å². The summed E-state index contributed by atoms with van der Waals surface area (Å²) in [5.41, 5.74) is 7.05. The molecule has 0 atom stereocenters. The fourth-order valence-electron chi connectivity index (χ4n) is 2.15. The molecule has 0 fully saturated rings. The summed E-state index contributed by atoms with van der Waals surface area (Å²) in [7, 11) is 0. The number of carbonyl (C=O) groups is 1. The molecule has 3 aromatic rings. The van der Waals surface area contributed by atoms with Crippen LogP contribution in [0.25, 0.3) is 0 Å². The topological polar surface area (TPSA) is 75.6 Å². The van der Waals surface area contributed by atoms with Crippen molar-refractivity contribution in [2.45, 2.75) is 6.54 Å². The molecule has 1 aromatic heterocycles. The van der Waals surface area contributed by atoms with Gasteiger partial charge in [0, 0.05) is 25.0 Å². The highest BCUT2D eigenvalue weighted by Crippen LogP contribution is 2.24. The highest BCUT2D eigenvalue weighted by atomic mass is 16.5. The van der Waals surface area contributed by atoms with Crippen molar-refractivity contribution >= 4 is 17.8 Å². The Morgan fingerprint density at radius 2 is 1.77 bits per heavy atom. The Morgan fingerprint density at radius 1 is 1.00 bits per heavy atom. The van der Waals surface area contributed by atoms with Gasteiger partial charge in [-0.1, -0.05) is 24.3 Å². The lowest BCUT2D eigenvalue weighted by Crippen LogP contribution is -2.37. The maximum Gasteiger partial charge on any atom is 0.276 e. The van der Waals surface area contributed by atoms with E-state index in [2.05, 4.69) is 20.8 Å². The Hall–Kier alpha value is -3.51. The largest absolute Gasteiger partial charge is 0.457 e. The second-order valence-electron chi connectivity index (χ2n) is 5.37. The van der Waals surface area contributed by atoms with E-state index < -0.39 is 0 Å². The molecule has 6 heteroatoms. The van der Waals surface area contributed by atoms with Gasteiger partial charge in [-0.25, -0.2) is 5.43 Å². The van der Waals surface area contributed by atoms with E-state index in [1.165, 1.54) is 6.21 Å². The van der Waals surface area contributed by atoms with Gasteiger partial charge in [0.1, 0.15) is 11.5 Å². The first-order valence-electron chi connectivity index (χ1n) is 8.08. The molecule has 6 nitrogen and oxygen atoms in total. The number of hydrogen-bond donors (Lipinski definition) is 2. The molecule has 2 N–H and O–H groups in total. The summed E-state index contributed by atoms with van der Waals surface area (Å²) >= 11 is 0. The molecule has 0 aliphatic rings. The van der Waals surface area contributed by atoms with Crippen molar-refractivity contribution < 1.29 is 9.53 Å². The first kappa shape index (κ1) is 17.3. The van der Waals surface area contributed by atoms with Gasteiger partial charge in [-0.3, -0.25) is 20.2 Å². The summed E-state index contributed by atoms with van der Waals surface area (Å²) < 4.78 is 5.75. The van der Waals surface area contributed by atoms with E-state index in [0.29, 0.717) is 18.0 Å². The molecule has 0 unspecified atom stereocenters. The molecule has 3 rings (SSSR count). The second kappa shape index (κ2) is 9.10. The van der Waals surface area contributed by atoms with E-state index in [1.54, 1.807) is 24.5 Å². The number of nitrogens with one attached hydrogen (secondary N) is 2. The molecule has 0 radical (unpaired) electrons. The zero-order chi connectivity index (χ0) is 18.0. The molecule has 1 amide bonds. The standard InChI is InChI=1S/C20H18N4O2/c25-20(24-23-14-16-9-11-21-12-10-16)15-22-17-5-4-8-19(13-17)26-18-6-2-1-3-7-18/h1-13,15,23H,14H2,(H,24,25). The van der Waals surface area contributed by atoms with Gasteiger partial charge in [-0.05, 0) is 42.0 Å². The van der Waals surface area contributed by atoms with E-state index in [-0.39, 0.29) is 5.91 Å². The Balaban J connectivity index is 1.51. The third-order valence-corrected chi connectivity index (χ3v) is 3.38. The molecule has 0 spiro atoms. The average molecular weight is 346 g/mol. The molecule has 2 aromatic carbocycles.